The molecular weight excluding hydrogens is 332 g/mol. The fourth-order valence-electron chi connectivity index (χ4n) is 3.05. The standard InChI is InChI=1S/C20H32N2O4/c1-19(2,3)25-17(23)16-9-7-8-15(21-16)14-10-12-22(13-11-14)18(24)26-20(4,5)6/h7-9,14-15,21H,10-13H2,1-6H3. The van der Waals surface area contributed by atoms with Gasteiger partial charge in [0.15, 0.2) is 0 Å². The van der Waals surface area contributed by atoms with Crippen molar-refractivity contribution in [1.82, 2.24) is 10.2 Å². The van der Waals surface area contributed by atoms with Crippen LogP contribution in [0.25, 0.3) is 0 Å². The third kappa shape index (κ3) is 6.07. The van der Waals surface area contributed by atoms with Crippen molar-refractivity contribution in [3.63, 3.8) is 0 Å². The van der Waals surface area contributed by atoms with Crippen molar-refractivity contribution in [2.75, 3.05) is 13.1 Å². The van der Waals surface area contributed by atoms with E-state index in [2.05, 4.69) is 11.4 Å². The quantitative estimate of drug-likeness (QED) is 0.761. The number of ether oxygens (including phenoxy) is 2. The highest BCUT2D eigenvalue weighted by Crippen LogP contribution is 2.25. The fourth-order valence-corrected chi connectivity index (χ4v) is 3.05. The van der Waals surface area contributed by atoms with E-state index in [-0.39, 0.29) is 18.1 Å². The molecule has 1 amide bonds. The van der Waals surface area contributed by atoms with Crippen LogP contribution in [0.2, 0.25) is 0 Å². The molecule has 2 heterocycles. The predicted molar refractivity (Wildman–Crippen MR) is 101 cm³/mol. The predicted octanol–water partition coefficient (Wildman–Crippen LogP) is 3.39. The molecule has 0 aliphatic carbocycles. The minimum atomic E-state index is -0.519. The molecule has 0 saturated carbocycles. The summed E-state index contributed by atoms with van der Waals surface area (Å²) in [4.78, 5) is 26.2. The van der Waals surface area contributed by atoms with Gasteiger partial charge in [0.05, 0.1) is 0 Å². The highest BCUT2D eigenvalue weighted by molar-refractivity contribution is 5.88. The third-order valence-corrected chi connectivity index (χ3v) is 4.22. The zero-order chi connectivity index (χ0) is 19.5. The fraction of sp³-hybridized carbons (Fsp3) is 0.700. The second-order valence-corrected chi connectivity index (χ2v) is 8.94. The number of carbonyl (C=O) groups is 2. The molecule has 0 bridgehead atoms. The number of dihydropyridines is 1. The summed E-state index contributed by atoms with van der Waals surface area (Å²) in [5.41, 5.74) is -0.508. The van der Waals surface area contributed by atoms with Crippen molar-refractivity contribution < 1.29 is 19.1 Å². The SMILES string of the molecule is CC(C)(C)OC(=O)C1=CC=CC(C2CCN(C(=O)OC(C)(C)C)CC2)N1. The first kappa shape index (κ1) is 20.3. The number of rotatable bonds is 2. The molecule has 1 fully saturated rings. The van der Waals surface area contributed by atoms with Gasteiger partial charge in [-0.15, -0.1) is 0 Å². The lowest BCUT2D eigenvalue weighted by Gasteiger charge is -2.37. The lowest BCUT2D eigenvalue weighted by Crippen LogP contribution is -2.47. The molecule has 146 valence electrons. The topological polar surface area (TPSA) is 67.9 Å². The normalized spacial score (nSPS) is 21.7. The maximum atomic E-state index is 12.3. The number of allylic oxidation sites excluding steroid dienone is 2. The van der Waals surface area contributed by atoms with Crippen molar-refractivity contribution in [2.24, 2.45) is 5.92 Å². The van der Waals surface area contributed by atoms with Crippen LogP contribution in [0.3, 0.4) is 0 Å². The number of nitrogens with zero attached hydrogens (tertiary/aromatic N) is 1. The first-order valence-corrected chi connectivity index (χ1v) is 9.31. The van der Waals surface area contributed by atoms with Gasteiger partial charge in [0.25, 0.3) is 0 Å². The molecule has 6 heteroatoms. The number of carbonyl (C=O) groups excluding carboxylic acids is 2. The Morgan fingerprint density at radius 1 is 1.04 bits per heavy atom. The van der Waals surface area contributed by atoms with E-state index in [0.717, 1.165) is 12.8 Å². The molecule has 0 radical (unpaired) electrons. The number of esters is 1. The van der Waals surface area contributed by atoms with E-state index in [4.69, 9.17) is 9.47 Å². The molecule has 2 rings (SSSR count). The van der Waals surface area contributed by atoms with Crippen LogP contribution in [0.15, 0.2) is 23.9 Å². The van der Waals surface area contributed by atoms with E-state index in [9.17, 15) is 9.59 Å². The Kier molecular flexibility index (Phi) is 6.04. The smallest absolute Gasteiger partial charge is 0.410 e. The molecule has 1 atom stereocenters. The highest BCUT2D eigenvalue weighted by atomic mass is 16.6. The van der Waals surface area contributed by atoms with Gasteiger partial charge in [-0.05, 0) is 66.4 Å². The van der Waals surface area contributed by atoms with Crippen molar-refractivity contribution in [1.29, 1.82) is 0 Å². The second kappa shape index (κ2) is 7.72. The monoisotopic (exact) mass is 364 g/mol. The van der Waals surface area contributed by atoms with Gasteiger partial charge in [0.1, 0.15) is 16.9 Å². The van der Waals surface area contributed by atoms with Gasteiger partial charge in [0.2, 0.25) is 0 Å². The highest BCUT2D eigenvalue weighted by Gasteiger charge is 2.32. The summed E-state index contributed by atoms with van der Waals surface area (Å²) < 4.78 is 10.9. The molecule has 0 aromatic heterocycles. The summed E-state index contributed by atoms with van der Waals surface area (Å²) in [6.45, 7) is 12.5. The summed E-state index contributed by atoms with van der Waals surface area (Å²) in [6.07, 6.45) is 7.20. The largest absolute Gasteiger partial charge is 0.455 e. The Morgan fingerprint density at radius 3 is 2.15 bits per heavy atom. The summed E-state index contributed by atoms with van der Waals surface area (Å²) in [5.74, 6) is 0.0223. The maximum absolute atomic E-state index is 12.3. The molecule has 2 aliphatic rings. The summed E-state index contributed by atoms with van der Waals surface area (Å²) in [6, 6.07) is 0.0725. The Bertz CT molecular complexity index is 588. The molecule has 26 heavy (non-hydrogen) atoms. The summed E-state index contributed by atoms with van der Waals surface area (Å²) in [5, 5.41) is 3.29. The molecule has 0 aromatic carbocycles. The number of likely N-dealkylation sites (tertiary alicyclic amines) is 1. The molecule has 0 aromatic rings. The van der Waals surface area contributed by atoms with Gasteiger partial charge in [0, 0.05) is 19.1 Å². The van der Waals surface area contributed by atoms with Gasteiger partial charge in [-0.2, -0.15) is 0 Å². The van der Waals surface area contributed by atoms with Gasteiger partial charge < -0.3 is 19.7 Å². The maximum Gasteiger partial charge on any atom is 0.410 e. The van der Waals surface area contributed by atoms with Gasteiger partial charge in [-0.25, -0.2) is 9.59 Å². The molecule has 1 N–H and O–H groups in total. The van der Waals surface area contributed by atoms with E-state index < -0.39 is 11.2 Å². The van der Waals surface area contributed by atoms with Crippen LogP contribution < -0.4 is 5.32 Å². The van der Waals surface area contributed by atoms with Gasteiger partial charge in [-0.1, -0.05) is 12.2 Å². The van der Waals surface area contributed by atoms with Crippen LogP contribution in [0.1, 0.15) is 54.4 Å². The van der Waals surface area contributed by atoms with Crippen LogP contribution in [0.5, 0.6) is 0 Å². The number of hydrogen-bond donors (Lipinski definition) is 1. The molecule has 0 spiro atoms. The first-order valence-electron chi connectivity index (χ1n) is 9.31. The average Bonchev–Trinajstić information content (AvgIpc) is 2.52. The molecule has 6 nitrogen and oxygen atoms in total. The Balaban J connectivity index is 1.87. The summed E-state index contributed by atoms with van der Waals surface area (Å²) >= 11 is 0. The Hall–Kier alpha value is -1.98. The van der Waals surface area contributed by atoms with E-state index in [1.165, 1.54) is 0 Å². The first-order chi connectivity index (χ1) is 11.9. The third-order valence-electron chi connectivity index (χ3n) is 4.22. The average molecular weight is 364 g/mol. The van der Waals surface area contributed by atoms with Crippen LogP contribution in [0, 0.1) is 5.92 Å². The molecule has 1 unspecified atom stereocenters. The van der Waals surface area contributed by atoms with E-state index in [1.807, 2.05) is 47.6 Å². The van der Waals surface area contributed by atoms with Crippen LogP contribution >= 0.6 is 0 Å². The number of hydrogen-bond acceptors (Lipinski definition) is 5. The lowest BCUT2D eigenvalue weighted by atomic mass is 9.88. The van der Waals surface area contributed by atoms with Gasteiger partial charge >= 0.3 is 12.1 Å². The van der Waals surface area contributed by atoms with E-state index >= 15 is 0 Å². The van der Waals surface area contributed by atoms with Crippen LogP contribution in [-0.4, -0.2) is 47.3 Å². The minimum absolute atomic E-state index is 0.0725. The van der Waals surface area contributed by atoms with E-state index in [1.54, 1.807) is 11.0 Å². The number of amides is 1. The lowest BCUT2D eigenvalue weighted by molar-refractivity contribution is -0.150. The number of nitrogens with one attached hydrogen (secondary N) is 1. The Labute approximate surface area is 156 Å². The van der Waals surface area contributed by atoms with E-state index in [0.29, 0.717) is 24.7 Å². The second-order valence-electron chi connectivity index (χ2n) is 8.94. The van der Waals surface area contributed by atoms with Crippen molar-refractivity contribution in [3.05, 3.63) is 23.9 Å². The zero-order valence-electron chi connectivity index (χ0n) is 16.8. The van der Waals surface area contributed by atoms with Crippen molar-refractivity contribution in [3.8, 4) is 0 Å². The van der Waals surface area contributed by atoms with Crippen LogP contribution in [-0.2, 0) is 14.3 Å². The zero-order valence-corrected chi connectivity index (χ0v) is 16.8. The molecular formula is C20H32N2O4. The van der Waals surface area contributed by atoms with Gasteiger partial charge in [-0.3, -0.25) is 0 Å². The number of piperidine rings is 1. The minimum Gasteiger partial charge on any atom is -0.455 e. The molecule has 2 aliphatic heterocycles. The van der Waals surface area contributed by atoms with Crippen molar-refractivity contribution >= 4 is 12.1 Å². The Morgan fingerprint density at radius 2 is 1.62 bits per heavy atom. The molecule has 1 saturated heterocycles. The van der Waals surface area contributed by atoms with Crippen molar-refractivity contribution in [2.45, 2.75) is 71.6 Å². The summed E-state index contributed by atoms with van der Waals surface area (Å²) in [7, 11) is 0. The van der Waals surface area contributed by atoms with Crippen LogP contribution in [0.4, 0.5) is 4.79 Å².